The van der Waals surface area contributed by atoms with Crippen LogP contribution in [-0.4, -0.2) is 37.5 Å². The van der Waals surface area contributed by atoms with E-state index in [1.807, 2.05) is 24.3 Å². The molecule has 2 aromatic rings. The molecule has 3 heteroatoms. The Hall–Kier alpha value is -1.58. The molecule has 0 bridgehead atoms. The molecule has 23 heavy (non-hydrogen) atoms. The van der Waals surface area contributed by atoms with Crippen molar-refractivity contribution < 1.29 is 14.7 Å². The van der Waals surface area contributed by atoms with Gasteiger partial charge in [0, 0.05) is 0 Å². The zero-order chi connectivity index (χ0) is 16.1. The van der Waals surface area contributed by atoms with Gasteiger partial charge in [0.15, 0.2) is 0 Å². The van der Waals surface area contributed by atoms with Gasteiger partial charge in [-0.2, -0.15) is 0 Å². The van der Waals surface area contributed by atoms with Crippen molar-refractivity contribution in [1.29, 1.82) is 0 Å². The molecule has 1 aliphatic carbocycles. The third-order valence-electron chi connectivity index (χ3n) is 5.02. The molecule has 1 unspecified atom stereocenters. The summed E-state index contributed by atoms with van der Waals surface area (Å²) < 4.78 is 5.80. The number of benzene rings is 2. The number of fused-ring (bicyclic) bond motifs is 1. The smallest absolute Gasteiger partial charge is 0.137 e. The van der Waals surface area contributed by atoms with Crippen LogP contribution in [0.15, 0.2) is 42.5 Å². The quantitative estimate of drug-likeness (QED) is 0.859. The molecule has 1 saturated carbocycles. The summed E-state index contributed by atoms with van der Waals surface area (Å²) >= 11 is 0. The maximum absolute atomic E-state index is 10.3. The summed E-state index contributed by atoms with van der Waals surface area (Å²) in [5.41, 5.74) is 0. The predicted octanol–water partition coefficient (Wildman–Crippen LogP) is 2.43. The number of hydrogen-bond donors (Lipinski definition) is 2. The molecule has 124 valence electrons. The summed E-state index contributed by atoms with van der Waals surface area (Å²) in [6.45, 7) is 1.13. The fourth-order valence-electron chi connectivity index (χ4n) is 3.64. The molecular formula is C20H28NO2+. The van der Waals surface area contributed by atoms with Crippen LogP contribution in [0.4, 0.5) is 0 Å². The molecule has 2 aromatic carbocycles. The van der Waals surface area contributed by atoms with Crippen LogP contribution in [0, 0.1) is 0 Å². The van der Waals surface area contributed by atoms with Crippen molar-refractivity contribution in [3.8, 4) is 5.75 Å². The summed E-state index contributed by atoms with van der Waals surface area (Å²) in [6, 6.07) is 15.0. The van der Waals surface area contributed by atoms with Gasteiger partial charge in [0.2, 0.25) is 0 Å². The first-order chi connectivity index (χ1) is 11.2. The van der Waals surface area contributed by atoms with E-state index in [4.69, 9.17) is 4.74 Å². The molecule has 0 saturated heterocycles. The largest absolute Gasteiger partial charge is 0.491 e. The summed E-state index contributed by atoms with van der Waals surface area (Å²) in [5.74, 6) is 0.832. The lowest BCUT2D eigenvalue weighted by Gasteiger charge is -2.29. The van der Waals surface area contributed by atoms with Crippen molar-refractivity contribution in [3.05, 3.63) is 42.5 Å². The highest BCUT2D eigenvalue weighted by molar-refractivity contribution is 5.83. The summed E-state index contributed by atoms with van der Waals surface area (Å²) in [5, 5.41) is 12.7. The molecule has 0 amide bonds. The number of ether oxygens (including phenoxy) is 1. The van der Waals surface area contributed by atoms with Gasteiger partial charge < -0.3 is 14.7 Å². The van der Waals surface area contributed by atoms with E-state index in [2.05, 4.69) is 25.2 Å². The monoisotopic (exact) mass is 314 g/mol. The zero-order valence-electron chi connectivity index (χ0n) is 14.0. The van der Waals surface area contributed by atoms with Crippen molar-refractivity contribution in [3.63, 3.8) is 0 Å². The maximum Gasteiger partial charge on any atom is 0.137 e. The molecule has 1 aliphatic rings. The lowest BCUT2D eigenvalue weighted by Crippen LogP contribution is -3.14. The number of rotatable bonds is 6. The van der Waals surface area contributed by atoms with Gasteiger partial charge in [0.05, 0.1) is 13.1 Å². The Kier molecular flexibility index (Phi) is 5.52. The van der Waals surface area contributed by atoms with Crippen molar-refractivity contribution in [2.45, 2.75) is 44.2 Å². The van der Waals surface area contributed by atoms with Crippen LogP contribution in [-0.2, 0) is 0 Å². The lowest BCUT2D eigenvalue weighted by molar-refractivity contribution is -0.910. The first kappa shape index (κ1) is 16.3. The standard InChI is InChI=1S/C20H27NO2/c1-21(18-9-3-2-4-10-18)14-19(22)15-23-20-12-11-16-7-5-6-8-17(16)13-20/h5-8,11-13,18-19,22H,2-4,9-10,14-15H2,1H3/p+1/t19-/m0/s1. The van der Waals surface area contributed by atoms with Gasteiger partial charge in [-0.05, 0) is 48.6 Å². The lowest BCUT2D eigenvalue weighted by atomic mass is 9.94. The van der Waals surface area contributed by atoms with Crippen LogP contribution < -0.4 is 9.64 Å². The van der Waals surface area contributed by atoms with Gasteiger partial charge in [-0.3, -0.25) is 0 Å². The van der Waals surface area contributed by atoms with E-state index in [0.29, 0.717) is 12.6 Å². The Morgan fingerprint density at radius 2 is 1.83 bits per heavy atom. The molecule has 3 rings (SSSR count). The van der Waals surface area contributed by atoms with Gasteiger partial charge in [-0.15, -0.1) is 0 Å². The van der Waals surface area contributed by atoms with E-state index in [1.165, 1.54) is 47.8 Å². The van der Waals surface area contributed by atoms with Crippen molar-refractivity contribution in [2.24, 2.45) is 0 Å². The van der Waals surface area contributed by atoms with E-state index >= 15 is 0 Å². The Labute approximate surface area is 138 Å². The Morgan fingerprint density at radius 3 is 2.61 bits per heavy atom. The van der Waals surface area contributed by atoms with Crippen LogP contribution in [0.25, 0.3) is 10.8 Å². The van der Waals surface area contributed by atoms with Gasteiger partial charge in [-0.25, -0.2) is 0 Å². The fourth-order valence-corrected chi connectivity index (χ4v) is 3.64. The predicted molar refractivity (Wildman–Crippen MR) is 94.1 cm³/mol. The van der Waals surface area contributed by atoms with Gasteiger partial charge in [-0.1, -0.05) is 36.8 Å². The average molecular weight is 314 g/mol. The van der Waals surface area contributed by atoms with E-state index in [-0.39, 0.29) is 0 Å². The highest BCUT2D eigenvalue weighted by atomic mass is 16.5. The molecule has 3 nitrogen and oxygen atoms in total. The molecular weight excluding hydrogens is 286 g/mol. The topological polar surface area (TPSA) is 33.9 Å². The number of nitrogens with one attached hydrogen (secondary N) is 1. The number of aliphatic hydroxyl groups is 1. The Bertz CT molecular complexity index is 622. The number of hydrogen-bond acceptors (Lipinski definition) is 2. The second kappa shape index (κ2) is 7.80. The van der Waals surface area contributed by atoms with Gasteiger partial charge in [0.1, 0.15) is 25.0 Å². The second-order valence-corrected chi connectivity index (χ2v) is 6.86. The minimum absolute atomic E-state index is 0.363. The Balaban J connectivity index is 1.50. The first-order valence-electron chi connectivity index (χ1n) is 8.84. The van der Waals surface area contributed by atoms with E-state index in [1.54, 1.807) is 0 Å². The molecule has 0 spiro atoms. The van der Waals surface area contributed by atoms with Crippen LogP contribution in [0.5, 0.6) is 5.75 Å². The van der Waals surface area contributed by atoms with E-state index in [9.17, 15) is 5.11 Å². The van der Waals surface area contributed by atoms with Gasteiger partial charge >= 0.3 is 0 Å². The highest BCUT2D eigenvalue weighted by Gasteiger charge is 2.23. The molecule has 0 aromatic heterocycles. The Morgan fingerprint density at radius 1 is 1.09 bits per heavy atom. The third-order valence-corrected chi connectivity index (χ3v) is 5.02. The molecule has 0 radical (unpaired) electrons. The highest BCUT2D eigenvalue weighted by Crippen LogP contribution is 2.20. The maximum atomic E-state index is 10.3. The van der Waals surface area contributed by atoms with Crippen molar-refractivity contribution >= 4 is 10.8 Å². The minimum atomic E-state index is -0.414. The number of aliphatic hydroxyl groups excluding tert-OH is 1. The summed E-state index contributed by atoms with van der Waals surface area (Å²) in [4.78, 5) is 1.44. The molecule has 2 N–H and O–H groups in total. The fraction of sp³-hybridized carbons (Fsp3) is 0.500. The van der Waals surface area contributed by atoms with Crippen LogP contribution >= 0.6 is 0 Å². The zero-order valence-corrected chi connectivity index (χ0v) is 14.0. The molecule has 1 fully saturated rings. The molecule has 0 aliphatic heterocycles. The summed E-state index contributed by atoms with van der Waals surface area (Å²) in [7, 11) is 2.20. The first-order valence-corrected chi connectivity index (χ1v) is 8.84. The van der Waals surface area contributed by atoms with Crippen LogP contribution in [0.2, 0.25) is 0 Å². The van der Waals surface area contributed by atoms with E-state index in [0.717, 1.165) is 12.3 Å². The average Bonchev–Trinajstić information content (AvgIpc) is 2.60. The number of likely N-dealkylation sites (N-methyl/N-ethyl adjacent to an activating group) is 1. The van der Waals surface area contributed by atoms with Crippen LogP contribution in [0.1, 0.15) is 32.1 Å². The van der Waals surface area contributed by atoms with Crippen LogP contribution in [0.3, 0.4) is 0 Å². The number of quaternary nitrogens is 1. The molecule has 2 atom stereocenters. The van der Waals surface area contributed by atoms with Crippen molar-refractivity contribution in [2.75, 3.05) is 20.2 Å². The third kappa shape index (κ3) is 4.46. The second-order valence-electron chi connectivity index (χ2n) is 6.86. The van der Waals surface area contributed by atoms with Gasteiger partial charge in [0.25, 0.3) is 0 Å². The molecule has 0 heterocycles. The van der Waals surface area contributed by atoms with Crippen molar-refractivity contribution in [1.82, 2.24) is 0 Å². The van der Waals surface area contributed by atoms with E-state index < -0.39 is 6.10 Å². The minimum Gasteiger partial charge on any atom is -0.491 e. The SMILES string of the molecule is C[NH+](C[C@H](O)COc1ccc2ccccc2c1)C1CCCCC1. The normalized spacial score (nSPS) is 18.7. The summed E-state index contributed by atoms with van der Waals surface area (Å²) in [6.07, 6.45) is 6.23.